The van der Waals surface area contributed by atoms with Crippen LogP contribution in [0, 0.1) is 11.8 Å². The molecule has 0 bridgehead atoms. The average molecular weight is 878 g/mol. The number of aliphatic imine (C=N–C) groups is 2. The van der Waals surface area contributed by atoms with Crippen LogP contribution in [0.25, 0.3) is 0 Å². The van der Waals surface area contributed by atoms with Gasteiger partial charge in [-0.05, 0) is 61.6 Å². The number of phenolic OH excluding ortho intramolecular Hbond substituents is 1. The van der Waals surface area contributed by atoms with Gasteiger partial charge in [0.05, 0.1) is 19.0 Å². The van der Waals surface area contributed by atoms with Crippen LogP contribution in [0.5, 0.6) is 5.75 Å². The van der Waals surface area contributed by atoms with Crippen molar-refractivity contribution in [2.45, 2.75) is 109 Å². The highest BCUT2D eigenvalue weighted by atomic mass is 16.4. The van der Waals surface area contributed by atoms with Crippen LogP contribution in [0.2, 0.25) is 0 Å². The van der Waals surface area contributed by atoms with E-state index in [1.807, 2.05) is 0 Å². The Labute approximate surface area is 359 Å². The molecule has 0 unspecified atom stereocenters. The molecule has 19 N–H and O–H groups in total. The van der Waals surface area contributed by atoms with Crippen LogP contribution in [-0.2, 0) is 44.8 Å². The van der Waals surface area contributed by atoms with Crippen LogP contribution in [-0.4, -0.2) is 131 Å². The van der Waals surface area contributed by atoms with Gasteiger partial charge in [-0.3, -0.25) is 43.5 Å². The largest absolute Gasteiger partial charge is 0.508 e. The van der Waals surface area contributed by atoms with Crippen LogP contribution in [0.4, 0.5) is 0 Å². The summed E-state index contributed by atoms with van der Waals surface area (Å²) in [5.41, 5.74) is 27.7. The topological polar surface area (TPSA) is 424 Å². The number of phenols is 1. The molecule has 1 rings (SSSR count). The first-order valence-electron chi connectivity index (χ1n) is 19.9. The molecule has 0 saturated carbocycles. The lowest BCUT2D eigenvalue weighted by atomic mass is 10.00. The Balaban J connectivity index is 3.22. The summed E-state index contributed by atoms with van der Waals surface area (Å²) in [6.07, 6.45) is -0.502. The number of hydrogen-bond donors (Lipinski definition) is 14. The van der Waals surface area contributed by atoms with Gasteiger partial charge in [-0.15, -0.1) is 0 Å². The van der Waals surface area contributed by atoms with Gasteiger partial charge in [-0.25, -0.2) is 4.79 Å². The molecule has 6 amide bonds. The number of nitrogens with two attached hydrogens (primary N) is 5. The van der Waals surface area contributed by atoms with Gasteiger partial charge in [0.2, 0.25) is 35.4 Å². The number of aliphatic carboxylic acids is 2. The van der Waals surface area contributed by atoms with Crippen molar-refractivity contribution >= 4 is 59.3 Å². The third kappa shape index (κ3) is 21.5. The lowest BCUT2D eigenvalue weighted by Crippen LogP contribution is -2.60. The zero-order valence-corrected chi connectivity index (χ0v) is 35.4. The zero-order chi connectivity index (χ0) is 47.1. The van der Waals surface area contributed by atoms with Crippen LogP contribution in [0.15, 0.2) is 34.3 Å². The number of carbonyl (C=O) groups excluding carboxylic acids is 6. The molecule has 0 aliphatic carbocycles. The molecular weight excluding hydrogens is 814 g/mol. The van der Waals surface area contributed by atoms with Crippen molar-refractivity contribution in [2.24, 2.45) is 50.5 Å². The van der Waals surface area contributed by atoms with E-state index in [1.165, 1.54) is 24.3 Å². The van der Waals surface area contributed by atoms with E-state index in [-0.39, 0.29) is 68.8 Å². The van der Waals surface area contributed by atoms with Crippen molar-refractivity contribution in [3.63, 3.8) is 0 Å². The van der Waals surface area contributed by atoms with Gasteiger partial charge in [0, 0.05) is 19.5 Å². The molecule has 24 nitrogen and oxygen atoms in total. The molecule has 0 radical (unpaired) electrons. The van der Waals surface area contributed by atoms with Crippen molar-refractivity contribution in [3.05, 3.63) is 29.8 Å². The standard InChI is InChI=1S/C38H63N13O11/c1-19(2)15-25(33(58)49-26(17-29(54)55)34(59)50-27(36(61)62)16-21-9-11-22(52)12-10-21)48-32(57)24(8-6-14-45-38(42)43)47-35(60)30(20(3)4)51-28(53)18-46-31(56)23(39)7-5-13-44-37(40)41/h9-12,19-20,23-27,30,52H,5-8,13-18,39H2,1-4H3,(H,46,56)(H,47,60)(H,48,57)(H,49,58)(H,50,59)(H,51,53)(H,54,55)(H,61,62)(H4,40,41,44)(H4,42,43,45)/t23-,24-,25-,26-,27-,30-/m0/s1. The molecule has 0 heterocycles. The van der Waals surface area contributed by atoms with Gasteiger partial charge in [-0.2, -0.15) is 0 Å². The van der Waals surface area contributed by atoms with Crippen molar-refractivity contribution in [1.82, 2.24) is 31.9 Å². The van der Waals surface area contributed by atoms with E-state index >= 15 is 0 Å². The average Bonchev–Trinajstić information content (AvgIpc) is 3.17. The van der Waals surface area contributed by atoms with E-state index in [0.717, 1.165) is 0 Å². The molecule has 24 heteroatoms. The SMILES string of the molecule is CC(C)C[C@H](NC(=O)[C@H](CCCN=C(N)N)NC(=O)[C@@H](NC(=O)CNC(=O)[C@@H](N)CCCN=C(N)N)C(C)C)C(=O)N[C@@H](CC(=O)O)C(=O)N[C@@H](Cc1ccc(O)cc1)C(=O)O. The molecule has 0 aromatic heterocycles. The van der Waals surface area contributed by atoms with Crippen LogP contribution < -0.4 is 60.6 Å². The van der Waals surface area contributed by atoms with E-state index in [9.17, 15) is 53.7 Å². The number of hydrogen-bond acceptors (Lipinski definition) is 12. The maximum absolute atomic E-state index is 13.9. The van der Waals surface area contributed by atoms with Crippen molar-refractivity contribution in [2.75, 3.05) is 19.6 Å². The zero-order valence-electron chi connectivity index (χ0n) is 35.4. The fraction of sp³-hybridized carbons (Fsp3) is 0.579. The van der Waals surface area contributed by atoms with Crippen LogP contribution in [0.3, 0.4) is 0 Å². The Bertz CT molecular complexity index is 1750. The predicted octanol–water partition coefficient (Wildman–Crippen LogP) is -3.83. The number of aromatic hydroxyl groups is 1. The third-order valence-corrected chi connectivity index (χ3v) is 8.91. The summed E-state index contributed by atoms with van der Waals surface area (Å²) in [6.45, 7) is 6.48. The lowest BCUT2D eigenvalue weighted by Gasteiger charge is -2.28. The highest BCUT2D eigenvalue weighted by molar-refractivity contribution is 5.97. The second-order valence-corrected chi connectivity index (χ2v) is 15.2. The number of nitrogens with zero attached hydrogens (tertiary/aromatic N) is 2. The summed E-state index contributed by atoms with van der Waals surface area (Å²) in [7, 11) is 0. The van der Waals surface area contributed by atoms with Crippen molar-refractivity contribution in [3.8, 4) is 5.75 Å². The molecule has 62 heavy (non-hydrogen) atoms. The second-order valence-electron chi connectivity index (χ2n) is 15.2. The number of rotatable bonds is 28. The monoisotopic (exact) mass is 877 g/mol. The number of amides is 6. The molecule has 0 aliphatic rings. The summed E-state index contributed by atoms with van der Waals surface area (Å²) >= 11 is 0. The van der Waals surface area contributed by atoms with E-state index in [2.05, 4.69) is 41.9 Å². The Morgan fingerprint density at radius 3 is 1.66 bits per heavy atom. The highest BCUT2D eigenvalue weighted by Gasteiger charge is 2.34. The number of carboxylic acids is 2. The molecule has 1 aromatic rings. The first-order valence-corrected chi connectivity index (χ1v) is 19.9. The van der Waals surface area contributed by atoms with Gasteiger partial charge in [0.1, 0.15) is 36.0 Å². The summed E-state index contributed by atoms with van der Waals surface area (Å²) in [6, 6.07) is -2.74. The number of carbonyl (C=O) groups is 8. The predicted molar refractivity (Wildman–Crippen MR) is 226 cm³/mol. The molecule has 0 fully saturated rings. The van der Waals surface area contributed by atoms with E-state index in [0.29, 0.717) is 12.0 Å². The van der Waals surface area contributed by atoms with Gasteiger partial charge < -0.3 is 75.9 Å². The van der Waals surface area contributed by atoms with E-state index < -0.39 is 103 Å². The quantitative estimate of drug-likeness (QED) is 0.0218. The molecule has 346 valence electrons. The minimum atomic E-state index is -1.78. The fourth-order valence-corrected chi connectivity index (χ4v) is 5.71. The van der Waals surface area contributed by atoms with Crippen molar-refractivity contribution < 1.29 is 53.7 Å². The third-order valence-electron chi connectivity index (χ3n) is 8.91. The summed E-state index contributed by atoms with van der Waals surface area (Å²) < 4.78 is 0. The summed E-state index contributed by atoms with van der Waals surface area (Å²) in [5, 5.41) is 43.6. The smallest absolute Gasteiger partial charge is 0.326 e. The number of benzene rings is 1. The fourth-order valence-electron chi connectivity index (χ4n) is 5.71. The molecule has 0 saturated heterocycles. The summed E-state index contributed by atoms with van der Waals surface area (Å²) in [4.78, 5) is 111. The first kappa shape index (κ1) is 53.3. The Kier molecular flexibility index (Phi) is 23.4. The number of carboxylic acid groups (broad SMARTS) is 2. The molecule has 1 aromatic carbocycles. The summed E-state index contributed by atoms with van der Waals surface area (Å²) in [5.74, 6) is -9.27. The second kappa shape index (κ2) is 27.2. The van der Waals surface area contributed by atoms with Gasteiger partial charge in [-0.1, -0.05) is 39.8 Å². The normalized spacial score (nSPS) is 13.8. The van der Waals surface area contributed by atoms with Gasteiger partial charge in [0.15, 0.2) is 11.9 Å². The first-order chi connectivity index (χ1) is 29.0. The molecule has 0 spiro atoms. The minimum absolute atomic E-state index is 0.0252. The molecular formula is C38H63N13O11. The Hall–Kier alpha value is -6.72. The molecule has 6 atom stereocenters. The van der Waals surface area contributed by atoms with Crippen molar-refractivity contribution in [1.29, 1.82) is 0 Å². The maximum atomic E-state index is 13.9. The number of nitrogens with one attached hydrogen (secondary N) is 6. The van der Waals surface area contributed by atoms with Gasteiger partial charge >= 0.3 is 11.9 Å². The lowest BCUT2D eigenvalue weighted by molar-refractivity contribution is -0.143. The Morgan fingerprint density at radius 2 is 1.15 bits per heavy atom. The van der Waals surface area contributed by atoms with E-state index in [4.69, 9.17) is 28.7 Å². The minimum Gasteiger partial charge on any atom is -0.508 e. The molecule has 0 aliphatic heterocycles. The van der Waals surface area contributed by atoms with Crippen LogP contribution in [0.1, 0.15) is 71.8 Å². The van der Waals surface area contributed by atoms with Crippen LogP contribution >= 0.6 is 0 Å². The maximum Gasteiger partial charge on any atom is 0.326 e. The number of guanidine groups is 2. The highest BCUT2D eigenvalue weighted by Crippen LogP contribution is 2.13. The van der Waals surface area contributed by atoms with E-state index in [1.54, 1.807) is 27.7 Å². The van der Waals surface area contributed by atoms with Gasteiger partial charge in [0.25, 0.3) is 0 Å². The Morgan fingerprint density at radius 1 is 0.645 bits per heavy atom.